The van der Waals surface area contributed by atoms with E-state index >= 15 is 0 Å². The van der Waals surface area contributed by atoms with E-state index in [1.807, 2.05) is 32.0 Å². The van der Waals surface area contributed by atoms with Crippen molar-refractivity contribution in [3.05, 3.63) is 46.7 Å². The lowest BCUT2D eigenvalue weighted by Crippen LogP contribution is -2.41. The Balaban J connectivity index is 1.68. The third kappa shape index (κ3) is 4.03. The molecule has 126 valence electrons. The van der Waals surface area contributed by atoms with Gasteiger partial charge in [0, 0.05) is 35.2 Å². The minimum absolute atomic E-state index is 0.0337. The van der Waals surface area contributed by atoms with Gasteiger partial charge in [0.25, 0.3) is 0 Å². The first-order valence-corrected chi connectivity index (χ1v) is 8.53. The number of rotatable bonds is 3. The Morgan fingerprint density at radius 2 is 1.88 bits per heavy atom. The van der Waals surface area contributed by atoms with Crippen molar-refractivity contribution in [3.8, 4) is 0 Å². The first kappa shape index (κ1) is 16.7. The fourth-order valence-corrected chi connectivity index (χ4v) is 3.13. The van der Waals surface area contributed by atoms with Gasteiger partial charge in [0.05, 0.1) is 5.92 Å². The first-order chi connectivity index (χ1) is 11.5. The molecule has 5 nitrogen and oxygen atoms in total. The second-order valence-corrected chi connectivity index (χ2v) is 6.67. The number of amides is 1. The van der Waals surface area contributed by atoms with E-state index in [1.54, 1.807) is 12.1 Å². The van der Waals surface area contributed by atoms with E-state index in [0.717, 1.165) is 42.4 Å². The molecule has 1 aromatic heterocycles. The number of aryl methyl sites for hydroxylation is 2. The fourth-order valence-electron chi connectivity index (χ4n) is 3.00. The number of benzene rings is 1. The van der Waals surface area contributed by atoms with E-state index in [0.29, 0.717) is 11.6 Å². The van der Waals surface area contributed by atoms with Crippen molar-refractivity contribution in [2.45, 2.75) is 26.7 Å². The summed E-state index contributed by atoms with van der Waals surface area (Å²) in [5, 5.41) is 3.62. The van der Waals surface area contributed by atoms with Gasteiger partial charge in [-0.1, -0.05) is 11.6 Å². The van der Waals surface area contributed by atoms with E-state index in [1.165, 1.54) is 0 Å². The van der Waals surface area contributed by atoms with Gasteiger partial charge in [-0.25, -0.2) is 9.97 Å². The van der Waals surface area contributed by atoms with Crippen LogP contribution in [0.25, 0.3) is 0 Å². The second kappa shape index (κ2) is 7.18. The molecule has 0 saturated carbocycles. The molecule has 3 rings (SSSR count). The monoisotopic (exact) mass is 344 g/mol. The summed E-state index contributed by atoms with van der Waals surface area (Å²) in [4.78, 5) is 23.7. The van der Waals surface area contributed by atoms with Crippen LogP contribution in [0.2, 0.25) is 5.02 Å². The predicted octanol–water partition coefficient (Wildman–Crippen LogP) is 3.60. The summed E-state index contributed by atoms with van der Waals surface area (Å²) in [5.74, 6) is 0.682. The van der Waals surface area contributed by atoms with Crippen LogP contribution in [0.1, 0.15) is 24.2 Å². The Kier molecular flexibility index (Phi) is 5.00. The van der Waals surface area contributed by atoms with Crippen molar-refractivity contribution >= 4 is 29.1 Å². The van der Waals surface area contributed by atoms with Crippen LogP contribution in [0, 0.1) is 19.8 Å². The SMILES string of the molecule is Cc1cc(C)nc(N2CCC[C@@H](C(=O)Nc3ccc(Cl)cc3)C2)n1. The van der Waals surface area contributed by atoms with E-state index < -0.39 is 0 Å². The lowest BCUT2D eigenvalue weighted by molar-refractivity contribution is -0.120. The Hall–Kier alpha value is -2.14. The standard InChI is InChI=1S/C18H21ClN4O/c1-12-10-13(2)21-18(20-12)23-9-3-4-14(11-23)17(24)22-16-7-5-15(19)6-8-16/h5-8,10,14H,3-4,9,11H2,1-2H3,(H,22,24)/t14-/m1/s1. The molecule has 1 aromatic carbocycles. The van der Waals surface area contributed by atoms with Gasteiger partial charge in [0.1, 0.15) is 0 Å². The number of piperidine rings is 1. The molecule has 1 saturated heterocycles. The number of hydrogen-bond acceptors (Lipinski definition) is 4. The Morgan fingerprint density at radius 1 is 1.21 bits per heavy atom. The van der Waals surface area contributed by atoms with Crippen molar-refractivity contribution in [1.82, 2.24) is 9.97 Å². The van der Waals surface area contributed by atoms with E-state index in [9.17, 15) is 4.79 Å². The average molecular weight is 345 g/mol. The number of nitrogens with one attached hydrogen (secondary N) is 1. The van der Waals surface area contributed by atoms with Crippen LogP contribution in [0.15, 0.2) is 30.3 Å². The number of carbonyl (C=O) groups excluding carboxylic acids is 1. The molecule has 1 aliphatic rings. The van der Waals surface area contributed by atoms with Gasteiger partial charge in [0.15, 0.2) is 0 Å². The van der Waals surface area contributed by atoms with Crippen molar-refractivity contribution < 1.29 is 4.79 Å². The van der Waals surface area contributed by atoms with Crippen LogP contribution < -0.4 is 10.2 Å². The Labute approximate surface area is 147 Å². The van der Waals surface area contributed by atoms with Gasteiger partial charge in [-0.05, 0) is 57.0 Å². The summed E-state index contributed by atoms with van der Waals surface area (Å²) in [6.07, 6.45) is 1.83. The van der Waals surface area contributed by atoms with Crippen LogP contribution in [-0.2, 0) is 4.79 Å². The Morgan fingerprint density at radius 3 is 2.54 bits per heavy atom. The second-order valence-electron chi connectivity index (χ2n) is 6.23. The zero-order valence-electron chi connectivity index (χ0n) is 13.9. The maximum absolute atomic E-state index is 12.6. The molecule has 24 heavy (non-hydrogen) atoms. The molecule has 1 aliphatic heterocycles. The minimum Gasteiger partial charge on any atom is -0.340 e. The number of halogens is 1. The maximum atomic E-state index is 12.6. The fraction of sp³-hybridized carbons (Fsp3) is 0.389. The zero-order chi connectivity index (χ0) is 17.1. The zero-order valence-corrected chi connectivity index (χ0v) is 14.7. The summed E-state index contributed by atoms with van der Waals surface area (Å²) in [6, 6.07) is 9.13. The van der Waals surface area contributed by atoms with Crippen LogP contribution in [-0.4, -0.2) is 29.0 Å². The number of hydrogen-bond donors (Lipinski definition) is 1. The first-order valence-electron chi connectivity index (χ1n) is 8.15. The van der Waals surface area contributed by atoms with Crippen LogP contribution in [0.5, 0.6) is 0 Å². The summed E-state index contributed by atoms with van der Waals surface area (Å²) in [6.45, 7) is 5.45. The van der Waals surface area contributed by atoms with Crippen LogP contribution in [0.4, 0.5) is 11.6 Å². The minimum atomic E-state index is -0.0705. The normalized spacial score (nSPS) is 17.6. The number of nitrogens with zero attached hydrogens (tertiary/aromatic N) is 3. The molecule has 1 atom stereocenters. The highest BCUT2D eigenvalue weighted by Gasteiger charge is 2.27. The molecule has 2 heterocycles. The molecule has 6 heteroatoms. The van der Waals surface area contributed by atoms with E-state index in [-0.39, 0.29) is 11.8 Å². The molecule has 1 fully saturated rings. The van der Waals surface area contributed by atoms with Gasteiger partial charge >= 0.3 is 0 Å². The van der Waals surface area contributed by atoms with Crippen molar-refractivity contribution in [2.24, 2.45) is 5.92 Å². The summed E-state index contributed by atoms with van der Waals surface area (Å²) in [7, 11) is 0. The van der Waals surface area contributed by atoms with Crippen molar-refractivity contribution in [3.63, 3.8) is 0 Å². The molecular formula is C18H21ClN4O. The third-order valence-electron chi connectivity index (χ3n) is 4.16. The van der Waals surface area contributed by atoms with Crippen molar-refractivity contribution in [2.75, 3.05) is 23.3 Å². The molecule has 0 unspecified atom stereocenters. The molecule has 1 amide bonds. The highest BCUT2D eigenvalue weighted by molar-refractivity contribution is 6.30. The summed E-state index contributed by atoms with van der Waals surface area (Å²) < 4.78 is 0. The summed E-state index contributed by atoms with van der Waals surface area (Å²) >= 11 is 5.88. The quantitative estimate of drug-likeness (QED) is 0.924. The van der Waals surface area contributed by atoms with E-state index in [4.69, 9.17) is 11.6 Å². The van der Waals surface area contributed by atoms with Crippen LogP contribution in [0.3, 0.4) is 0 Å². The molecule has 2 aromatic rings. The molecule has 0 spiro atoms. The lowest BCUT2D eigenvalue weighted by atomic mass is 9.97. The number of anilines is 2. The molecule has 0 bridgehead atoms. The molecular weight excluding hydrogens is 324 g/mol. The largest absolute Gasteiger partial charge is 0.340 e. The topological polar surface area (TPSA) is 58.1 Å². The third-order valence-corrected chi connectivity index (χ3v) is 4.41. The van der Waals surface area contributed by atoms with Gasteiger partial charge in [-0.2, -0.15) is 0 Å². The van der Waals surface area contributed by atoms with E-state index in [2.05, 4.69) is 20.2 Å². The van der Waals surface area contributed by atoms with Gasteiger partial charge in [-0.3, -0.25) is 4.79 Å². The summed E-state index contributed by atoms with van der Waals surface area (Å²) in [5.41, 5.74) is 2.67. The van der Waals surface area contributed by atoms with Gasteiger partial charge in [0.2, 0.25) is 11.9 Å². The number of carbonyl (C=O) groups is 1. The molecule has 1 N–H and O–H groups in total. The molecule has 0 aliphatic carbocycles. The highest BCUT2D eigenvalue weighted by Crippen LogP contribution is 2.23. The number of aromatic nitrogens is 2. The Bertz CT molecular complexity index is 712. The van der Waals surface area contributed by atoms with Crippen molar-refractivity contribution in [1.29, 1.82) is 0 Å². The van der Waals surface area contributed by atoms with Gasteiger partial charge < -0.3 is 10.2 Å². The van der Waals surface area contributed by atoms with Gasteiger partial charge in [-0.15, -0.1) is 0 Å². The molecule has 0 radical (unpaired) electrons. The van der Waals surface area contributed by atoms with Crippen LogP contribution >= 0.6 is 11.6 Å². The smallest absolute Gasteiger partial charge is 0.229 e. The lowest BCUT2D eigenvalue weighted by Gasteiger charge is -2.32. The predicted molar refractivity (Wildman–Crippen MR) is 96.5 cm³/mol. The average Bonchev–Trinajstić information content (AvgIpc) is 2.56. The maximum Gasteiger partial charge on any atom is 0.229 e. The highest BCUT2D eigenvalue weighted by atomic mass is 35.5.